The van der Waals surface area contributed by atoms with Crippen LogP contribution in [0.3, 0.4) is 0 Å². The van der Waals surface area contributed by atoms with Gasteiger partial charge in [0.15, 0.2) is 0 Å². The Morgan fingerprint density at radius 1 is 1.42 bits per heavy atom. The molecular weight excluding hydrogens is 164 g/mol. The van der Waals surface area contributed by atoms with Gasteiger partial charge in [0.2, 0.25) is 0 Å². The van der Waals surface area contributed by atoms with Crippen LogP contribution >= 0.6 is 11.3 Å². The third kappa shape index (κ3) is 1.98. The maximum atomic E-state index is 3.93. The van der Waals surface area contributed by atoms with Crippen molar-refractivity contribution in [2.75, 3.05) is 0 Å². The minimum atomic E-state index is 0.276. The van der Waals surface area contributed by atoms with Crippen molar-refractivity contribution in [2.45, 2.75) is 33.1 Å². The second kappa shape index (κ2) is 3.06. The minimum absolute atomic E-state index is 0.276. The quantitative estimate of drug-likeness (QED) is 0.611. The predicted octanol–water partition coefficient (Wildman–Crippen LogP) is 4.08. The zero-order valence-corrected chi connectivity index (χ0v) is 9.09. The molecule has 12 heavy (non-hydrogen) atoms. The molecule has 1 heteroatoms. The van der Waals surface area contributed by atoms with Gasteiger partial charge in [-0.1, -0.05) is 32.9 Å². The summed E-state index contributed by atoms with van der Waals surface area (Å²) in [6.45, 7) is 12.7. The molecule has 1 rings (SSSR count). The zero-order chi connectivity index (χ0) is 9.35. The Bertz CT molecular complexity index is 286. The molecule has 1 aromatic heterocycles. The van der Waals surface area contributed by atoms with Crippen LogP contribution in [0.25, 0.3) is 5.57 Å². The van der Waals surface area contributed by atoms with Crippen molar-refractivity contribution in [2.24, 2.45) is 0 Å². The molecule has 0 atom stereocenters. The average molecular weight is 180 g/mol. The molecule has 0 aromatic carbocycles. The third-order valence-corrected chi connectivity index (χ3v) is 3.19. The number of hydrogen-bond donors (Lipinski definition) is 0. The Hall–Kier alpha value is -0.560. The second-order valence-electron chi connectivity index (χ2n) is 4.23. The maximum absolute atomic E-state index is 3.93. The molecule has 0 nitrogen and oxygen atoms in total. The van der Waals surface area contributed by atoms with E-state index in [1.807, 2.05) is 11.3 Å². The maximum Gasteiger partial charge on any atom is 0.0105 e. The van der Waals surface area contributed by atoms with Gasteiger partial charge < -0.3 is 0 Å². The Balaban J connectivity index is 3.00. The fourth-order valence-electron chi connectivity index (χ4n) is 0.953. The van der Waals surface area contributed by atoms with Crippen LogP contribution < -0.4 is 0 Å². The van der Waals surface area contributed by atoms with Crippen molar-refractivity contribution in [3.05, 3.63) is 28.5 Å². The molecule has 0 aliphatic rings. The van der Waals surface area contributed by atoms with Gasteiger partial charge in [-0.15, -0.1) is 11.3 Å². The van der Waals surface area contributed by atoms with Crippen molar-refractivity contribution in [1.29, 1.82) is 0 Å². The van der Waals surface area contributed by atoms with Crippen LogP contribution in [0.2, 0.25) is 0 Å². The normalized spacial score (nSPS) is 11.7. The van der Waals surface area contributed by atoms with Gasteiger partial charge in [-0.05, 0) is 29.3 Å². The number of thiophene rings is 1. The highest BCUT2D eigenvalue weighted by Gasteiger charge is 2.15. The van der Waals surface area contributed by atoms with Gasteiger partial charge in [-0.3, -0.25) is 0 Å². The highest BCUT2D eigenvalue weighted by atomic mass is 32.1. The first-order valence-corrected chi connectivity index (χ1v) is 5.04. The lowest BCUT2D eigenvalue weighted by Crippen LogP contribution is -2.07. The third-order valence-electron chi connectivity index (χ3n) is 1.83. The number of rotatable bonds is 1. The van der Waals surface area contributed by atoms with E-state index < -0.39 is 0 Å². The summed E-state index contributed by atoms with van der Waals surface area (Å²) in [5, 5.41) is 2.18. The van der Waals surface area contributed by atoms with E-state index >= 15 is 0 Å². The molecule has 0 spiro atoms. The minimum Gasteiger partial charge on any atom is -0.148 e. The molecule has 0 unspecified atom stereocenters. The lowest BCUT2D eigenvalue weighted by Gasteiger charge is -2.15. The van der Waals surface area contributed by atoms with Crippen LogP contribution in [-0.4, -0.2) is 0 Å². The van der Waals surface area contributed by atoms with Crippen LogP contribution in [0.5, 0.6) is 0 Å². The summed E-state index contributed by atoms with van der Waals surface area (Å²) < 4.78 is 0. The molecular formula is C11H16S. The van der Waals surface area contributed by atoms with Crippen molar-refractivity contribution in [3.8, 4) is 0 Å². The monoisotopic (exact) mass is 180 g/mol. The highest BCUT2D eigenvalue weighted by Crippen LogP contribution is 2.30. The average Bonchev–Trinajstić information content (AvgIpc) is 2.30. The first-order chi connectivity index (χ1) is 5.41. The first kappa shape index (κ1) is 9.53. The first-order valence-electron chi connectivity index (χ1n) is 4.16. The zero-order valence-electron chi connectivity index (χ0n) is 8.27. The molecule has 0 aliphatic heterocycles. The van der Waals surface area contributed by atoms with E-state index in [-0.39, 0.29) is 5.41 Å². The summed E-state index contributed by atoms with van der Waals surface area (Å²) in [6, 6.07) is 2.24. The van der Waals surface area contributed by atoms with E-state index in [0.29, 0.717) is 0 Å². The Labute approximate surface area is 78.9 Å². The number of hydrogen-bond acceptors (Lipinski definition) is 1. The van der Waals surface area contributed by atoms with Gasteiger partial charge in [-0.25, -0.2) is 0 Å². The topological polar surface area (TPSA) is 0 Å². The van der Waals surface area contributed by atoms with E-state index in [4.69, 9.17) is 0 Å². The van der Waals surface area contributed by atoms with Crippen LogP contribution in [0.4, 0.5) is 0 Å². The summed E-state index contributed by atoms with van der Waals surface area (Å²) >= 11 is 1.82. The van der Waals surface area contributed by atoms with Gasteiger partial charge in [0.25, 0.3) is 0 Å². The van der Waals surface area contributed by atoms with Gasteiger partial charge in [0, 0.05) is 4.88 Å². The molecule has 0 radical (unpaired) electrons. The molecule has 0 saturated heterocycles. The van der Waals surface area contributed by atoms with Gasteiger partial charge in [0.05, 0.1) is 0 Å². The molecule has 0 amide bonds. The summed E-state index contributed by atoms with van der Waals surface area (Å²) in [7, 11) is 0. The molecule has 0 N–H and O–H groups in total. The van der Waals surface area contributed by atoms with E-state index in [2.05, 4.69) is 45.7 Å². The second-order valence-corrected chi connectivity index (χ2v) is 5.14. The van der Waals surface area contributed by atoms with E-state index in [0.717, 1.165) is 5.57 Å². The SMILES string of the molecule is C=C(C)c1csc(C(C)(C)C)c1. The lowest BCUT2D eigenvalue weighted by molar-refractivity contribution is 0.604. The lowest BCUT2D eigenvalue weighted by atomic mass is 9.94. The molecule has 66 valence electrons. The molecule has 1 aromatic rings. The summed E-state index contributed by atoms with van der Waals surface area (Å²) in [5.41, 5.74) is 2.71. The molecule has 0 bridgehead atoms. The standard InChI is InChI=1S/C11H16S/c1-8(2)9-6-10(12-7-9)11(3,4)5/h6-7H,1H2,2-5H3. The van der Waals surface area contributed by atoms with Gasteiger partial charge in [-0.2, -0.15) is 0 Å². The Morgan fingerprint density at radius 2 is 2.00 bits per heavy atom. The fourth-order valence-corrected chi connectivity index (χ4v) is 2.03. The fraction of sp³-hybridized carbons (Fsp3) is 0.455. The Kier molecular flexibility index (Phi) is 2.43. The molecule has 0 fully saturated rings. The predicted molar refractivity (Wildman–Crippen MR) is 57.7 cm³/mol. The van der Waals surface area contributed by atoms with E-state index in [9.17, 15) is 0 Å². The molecule has 0 saturated carbocycles. The van der Waals surface area contributed by atoms with Crippen molar-refractivity contribution in [3.63, 3.8) is 0 Å². The summed E-state index contributed by atoms with van der Waals surface area (Å²) in [6.07, 6.45) is 0. The summed E-state index contributed by atoms with van der Waals surface area (Å²) in [5.74, 6) is 0. The summed E-state index contributed by atoms with van der Waals surface area (Å²) in [4.78, 5) is 1.43. The van der Waals surface area contributed by atoms with Gasteiger partial charge in [0.1, 0.15) is 0 Å². The van der Waals surface area contributed by atoms with Crippen LogP contribution in [0, 0.1) is 0 Å². The molecule has 1 heterocycles. The smallest absolute Gasteiger partial charge is 0.0105 e. The van der Waals surface area contributed by atoms with Crippen molar-refractivity contribution in [1.82, 2.24) is 0 Å². The van der Waals surface area contributed by atoms with E-state index in [1.165, 1.54) is 10.4 Å². The highest BCUT2D eigenvalue weighted by molar-refractivity contribution is 7.10. The van der Waals surface area contributed by atoms with Crippen LogP contribution in [0.1, 0.15) is 38.1 Å². The van der Waals surface area contributed by atoms with Crippen molar-refractivity contribution >= 4 is 16.9 Å². The Morgan fingerprint density at radius 3 is 2.25 bits per heavy atom. The van der Waals surface area contributed by atoms with E-state index in [1.54, 1.807) is 0 Å². The van der Waals surface area contributed by atoms with Gasteiger partial charge >= 0.3 is 0 Å². The number of allylic oxidation sites excluding steroid dienone is 1. The van der Waals surface area contributed by atoms with Crippen LogP contribution in [-0.2, 0) is 5.41 Å². The molecule has 0 aliphatic carbocycles. The largest absolute Gasteiger partial charge is 0.148 e. The van der Waals surface area contributed by atoms with Crippen LogP contribution in [0.15, 0.2) is 18.0 Å². The van der Waals surface area contributed by atoms with Crippen molar-refractivity contribution < 1.29 is 0 Å².